The first-order valence-electron chi connectivity index (χ1n) is 6.76. The fraction of sp³-hybridized carbons (Fsp3) is 0.467. The van der Waals surface area contributed by atoms with Crippen molar-refractivity contribution in [1.29, 1.82) is 0 Å². The highest BCUT2D eigenvalue weighted by Gasteiger charge is 2.14. The molecule has 1 fully saturated rings. The second kappa shape index (κ2) is 6.92. The minimum Gasteiger partial charge on any atom is -0.484 e. The number of hydrogen-bond donors (Lipinski definition) is 1. The summed E-state index contributed by atoms with van der Waals surface area (Å²) in [5, 5.41) is 4.18. The van der Waals surface area contributed by atoms with Crippen LogP contribution in [0.3, 0.4) is 0 Å². The van der Waals surface area contributed by atoms with Gasteiger partial charge < -0.3 is 4.74 Å². The number of hydrazone groups is 1. The molecule has 4 nitrogen and oxygen atoms in total. The van der Waals surface area contributed by atoms with Crippen molar-refractivity contribution < 1.29 is 9.53 Å². The van der Waals surface area contributed by atoms with Gasteiger partial charge in [-0.25, -0.2) is 5.43 Å². The van der Waals surface area contributed by atoms with Gasteiger partial charge in [0.15, 0.2) is 6.61 Å². The Labute approximate surface area is 113 Å². The molecule has 1 aliphatic carbocycles. The van der Waals surface area contributed by atoms with Gasteiger partial charge in [0.1, 0.15) is 5.75 Å². The van der Waals surface area contributed by atoms with Gasteiger partial charge in [-0.3, -0.25) is 4.79 Å². The minimum atomic E-state index is -0.213. The highest BCUT2D eigenvalue weighted by molar-refractivity contribution is 5.87. The van der Waals surface area contributed by atoms with Crippen molar-refractivity contribution in [3.63, 3.8) is 0 Å². The summed E-state index contributed by atoms with van der Waals surface area (Å²) in [4.78, 5) is 11.6. The summed E-state index contributed by atoms with van der Waals surface area (Å²) in [6.45, 7) is 2.21. The molecule has 1 aliphatic rings. The molecule has 0 aliphatic heterocycles. The van der Waals surface area contributed by atoms with Crippen molar-refractivity contribution in [2.45, 2.75) is 32.6 Å². The zero-order valence-electron chi connectivity index (χ0n) is 11.3. The summed E-state index contributed by atoms with van der Waals surface area (Å²) >= 11 is 0. The smallest absolute Gasteiger partial charge is 0.277 e. The van der Waals surface area contributed by atoms with E-state index in [1.807, 2.05) is 30.3 Å². The number of ether oxygens (including phenoxy) is 1. The van der Waals surface area contributed by atoms with Crippen molar-refractivity contribution in [3.8, 4) is 5.75 Å². The van der Waals surface area contributed by atoms with Gasteiger partial charge in [0, 0.05) is 5.71 Å². The molecule has 0 spiro atoms. The Morgan fingerprint density at radius 2 is 2.21 bits per heavy atom. The molecule has 1 aromatic carbocycles. The molecular formula is C15H20N2O2. The Hall–Kier alpha value is -1.84. The minimum absolute atomic E-state index is 0.00362. The van der Waals surface area contributed by atoms with E-state index in [2.05, 4.69) is 17.5 Å². The standard InChI is InChI=1S/C15H20N2O2/c1-12-6-5-7-13(10-12)16-17-15(18)11-19-14-8-3-2-4-9-14/h2-4,8-9,12H,5-7,10-11H2,1H3,(H,17,18). The molecule has 19 heavy (non-hydrogen) atoms. The van der Waals surface area contributed by atoms with Gasteiger partial charge in [-0.2, -0.15) is 5.10 Å². The summed E-state index contributed by atoms with van der Waals surface area (Å²) in [7, 11) is 0. The number of nitrogens with zero attached hydrogens (tertiary/aromatic N) is 1. The lowest BCUT2D eigenvalue weighted by Gasteiger charge is -2.18. The Balaban J connectivity index is 1.74. The molecule has 1 unspecified atom stereocenters. The lowest BCUT2D eigenvalue weighted by molar-refractivity contribution is -0.123. The number of amides is 1. The van der Waals surface area contributed by atoms with Crippen LogP contribution >= 0.6 is 0 Å². The molecule has 0 saturated heterocycles. The molecular weight excluding hydrogens is 240 g/mol. The van der Waals surface area contributed by atoms with E-state index in [9.17, 15) is 4.79 Å². The molecule has 1 N–H and O–H groups in total. The number of nitrogens with one attached hydrogen (secondary N) is 1. The molecule has 1 atom stereocenters. The topological polar surface area (TPSA) is 50.7 Å². The van der Waals surface area contributed by atoms with Crippen molar-refractivity contribution in [2.75, 3.05) is 6.61 Å². The maximum atomic E-state index is 11.6. The molecule has 0 radical (unpaired) electrons. The Bertz CT molecular complexity index is 443. The van der Waals surface area contributed by atoms with Crippen molar-refractivity contribution in [2.24, 2.45) is 11.0 Å². The first-order valence-corrected chi connectivity index (χ1v) is 6.76. The number of rotatable bonds is 4. The van der Waals surface area contributed by atoms with Gasteiger partial charge in [-0.15, -0.1) is 0 Å². The maximum Gasteiger partial charge on any atom is 0.277 e. The van der Waals surface area contributed by atoms with Gasteiger partial charge >= 0.3 is 0 Å². The quantitative estimate of drug-likeness (QED) is 0.846. The number of carbonyl (C=O) groups excluding carboxylic acids is 1. The van der Waals surface area contributed by atoms with Gasteiger partial charge in [0.25, 0.3) is 5.91 Å². The van der Waals surface area contributed by atoms with E-state index in [0.717, 1.165) is 25.0 Å². The number of carbonyl (C=O) groups is 1. The normalized spacial score (nSPS) is 21.1. The van der Waals surface area contributed by atoms with Crippen LogP contribution in [-0.2, 0) is 4.79 Å². The average molecular weight is 260 g/mol. The van der Waals surface area contributed by atoms with Gasteiger partial charge in [-0.05, 0) is 43.7 Å². The van der Waals surface area contributed by atoms with Crippen molar-refractivity contribution >= 4 is 11.6 Å². The SMILES string of the molecule is CC1CCCC(=NNC(=O)COc2ccccc2)C1. The molecule has 4 heteroatoms. The van der Waals surface area contributed by atoms with Gasteiger partial charge in [0.05, 0.1) is 0 Å². The largest absolute Gasteiger partial charge is 0.484 e. The maximum absolute atomic E-state index is 11.6. The zero-order valence-corrected chi connectivity index (χ0v) is 11.3. The average Bonchev–Trinajstić information content (AvgIpc) is 2.44. The van der Waals surface area contributed by atoms with E-state index >= 15 is 0 Å². The first-order chi connectivity index (χ1) is 9.24. The van der Waals surface area contributed by atoms with E-state index in [0.29, 0.717) is 11.7 Å². The second-order valence-corrected chi connectivity index (χ2v) is 5.02. The van der Waals surface area contributed by atoms with Crippen LogP contribution in [-0.4, -0.2) is 18.2 Å². The summed E-state index contributed by atoms with van der Waals surface area (Å²) in [6.07, 6.45) is 4.39. The molecule has 1 aromatic rings. The van der Waals surface area contributed by atoms with E-state index in [1.165, 1.54) is 6.42 Å². The molecule has 1 saturated carbocycles. The molecule has 0 aromatic heterocycles. The molecule has 2 rings (SSSR count). The van der Waals surface area contributed by atoms with Crippen LogP contribution in [0.1, 0.15) is 32.6 Å². The van der Waals surface area contributed by atoms with E-state index in [-0.39, 0.29) is 12.5 Å². The van der Waals surface area contributed by atoms with Crippen LogP contribution < -0.4 is 10.2 Å². The Morgan fingerprint density at radius 1 is 1.42 bits per heavy atom. The predicted molar refractivity (Wildman–Crippen MR) is 75.1 cm³/mol. The number of benzene rings is 1. The fourth-order valence-electron chi connectivity index (χ4n) is 2.20. The van der Waals surface area contributed by atoms with E-state index in [1.54, 1.807) is 0 Å². The third-order valence-corrected chi connectivity index (χ3v) is 3.20. The first kappa shape index (κ1) is 13.6. The third kappa shape index (κ3) is 4.73. The lowest BCUT2D eigenvalue weighted by atomic mass is 9.89. The number of para-hydroxylation sites is 1. The monoisotopic (exact) mass is 260 g/mol. The van der Waals surface area contributed by atoms with E-state index < -0.39 is 0 Å². The second-order valence-electron chi connectivity index (χ2n) is 5.02. The van der Waals surface area contributed by atoms with Gasteiger partial charge in [0.2, 0.25) is 0 Å². The van der Waals surface area contributed by atoms with Crippen LogP contribution in [0, 0.1) is 5.92 Å². The molecule has 1 amide bonds. The Kier molecular flexibility index (Phi) is 4.95. The van der Waals surface area contributed by atoms with Crippen LogP contribution in [0.15, 0.2) is 35.4 Å². The van der Waals surface area contributed by atoms with Crippen LogP contribution in [0.5, 0.6) is 5.75 Å². The predicted octanol–water partition coefficient (Wildman–Crippen LogP) is 2.75. The van der Waals surface area contributed by atoms with Crippen LogP contribution in [0.4, 0.5) is 0 Å². The lowest BCUT2D eigenvalue weighted by Crippen LogP contribution is -2.26. The van der Waals surface area contributed by atoms with Crippen molar-refractivity contribution in [1.82, 2.24) is 5.43 Å². The zero-order chi connectivity index (χ0) is 13.5. The Morgan fingerprint density at radius 3 is 2.95 bits per heavy atom. The summed E-state index contributed by atoms with van der Waals surface area (Å²) < 4.78 is 5.35. The van der Waals surface area contributed by atoms with Crippen molar-refractivity contribution in [3.05, 3.63) is 30.3 Å². The third-order valence-electron chi connectivity index (χ3n) is 3.20. The summed E-state index contributed by atoms with van der Waals surface area (Å²) in [5.74, 6) is 1.15. The van der Waals surface area contributed by atoms with Crippen LogP contribution in [0.25, 0.3) is 0 Å². The van der Waals surface area contributed by atoms with Crippen LogP contribution in [0.2, 0.25) is 0 Å². The fourth-order valence-corrected chi connectivity index (χ4v) is 2.20. The molecule has 0 heterocycles. The highest BCUT2D eigenvalue weighted by Crippen LogP contribution is 2.20. The summed E-state index contributed by atoms with van der Waals surface area (Å²) in [6, 6.07) is 9.29. The van der Waals surface area contributed by atoms with Gasteiger partial charge in [-0.1, -0.05) is 25.1 Å². The highest BCUT2D eigenvalue weighted by atomic mass is 16.5. The molecule has 102 valence electrons. The number of hydrogen-bond acceptors (Lipinski definition) is 3. The molecule has 0 bridgehead atoms. The van der Waals surface area contributed by atoms with E-state index in [4.69, 9.17) is 4.74 Å². The summed E-state index contributed by atoms with van der Waals surface area (Å²) in [5.41, 5.74) is 3.66.